The van der Waals surface area contributed by atoms with Gasteiger partial charge in [-0.05, 0) is 73.0 Å². The Morgan fingerprint density at radius 3 is 2.88 bits per heavy atom. The van der Waals surface area contributed by atoms with Crippen LogP contribution in [0.3, 0.4) is 0 Å². The minimum absolute atomic E-state index is 0.0279. The van der Waals surface area contributed by atoms with E-state index in [4.69, 9.17) is 4.98 Å². The molecule has 1 N–H and O–H groups in total. The Bertz CT molecular complexity index is 1260. The van der Waals surface area contributed by atoms with Gasteiger partial charge in [-0.1, -0.05) is 24.3 Å². The van der Waals surface area contributed by atoms with Gasteiger partial charge in [0.05, 0.1) is 23.1 Å². The predicted octanol–water partition coefficient (Wildman–Crippen LogP) is 4.55. The second-order valence-electron chi connectivity index (χ2n) is 8.32. The summed E-state index contributed by atoms with van der Waals surface area (Å²) in [4.78, 5) is 22.4. The van der Waals surface area contributed by atoms with Gasteiger partial charge in [0.15, 0.2) is 0 Å². The van der Waals surface area contributed by atoms with E-state index in [0.29, 0.717) is 11.5 Å². The summed E-state index contributed by atoms with van der Waals surface area (Å²) in [6.07, 6.45) is 7.39. The number of hydrogen-bond donors (Lipinski definition) is 1. The molecule has 0 aliphatic heterocycles. The average Bonchev–Trinajstić information content (AvgIpc) is 3.39. The molecule has 1 atom stereocenters. The SMILES string of the molecule is Cc1c(C(=O)N[C@@H](C)Cc2ccsc2)cnn1-c1ncc2c(n1)-c1ccccc1CCC2. The molecular weight excluding hydrogens is 418 g/mol. The summed E-state index contributed by atoms with van der Waals surface area (Å²) in [6, 6.07) is 10.5. The normalized spacial score (nSPS) is 13.7. The van der Waals surface area contributed by atoms with Crippen molar-refractivity contribution in [3.8, 4) is 17.2 Å². The van der Waals surface area contributed by atoms with Gasteiger partial charge in [-0.2, -0.15) is 16.4 Å². The topological polar surface area (TPSA) is 72.7 Å². The Morgan fingerprint density at radius 2 is 2.03 bits per heavy atom. The van der Waals surface area contributed by atoms with Crippen LogP contribution < -0.4 is 5.32 Å². The number of carbonyl (C=O) groups excluding carboxylic acids is 1. The van der Waals surface area contributed by atoms with E-state index in [1.807, 2.05) is 20.0 Å². The highest BCUT2D eigenvalue weighted by atomic mass is 32.1. The van der Waals surface area contributed by atoms with Gasteiger partial charge in [-0.3, -0.25) is 4.79 Å². The number of benzene rings is 1. The first kappa shape index (κ1) is 20.6. The summed E-state index contributed by atoms with van der Waals surface area (Å²) < 4.78 is 1.66. The van der Waals surface area contributed by atoms with Crippen molar-refractivity contribution in [2.24, 2.45) is 0 Å². The minimum Gasteiger partial charge on any atom is -0.349 e. The number of nitrogens with zero attached hydrogens (tertiary/aromatic N) is 4. The van der Waals surface area contributed by atoms with Gasteiger partial charge >= 0.3 is 0 Å². The molecule has 0 fully saturated rings. The molecule has 5 rings (SSSR count). The second-order valence-corrected chi connectivity index (χ2v) is 9.10. The Hall–Kier alpha value is -3.32. The zero-order chi connectivity index (χ0) is 22.1. The zero-order valence-electron chi connectivity index (χ0n) is 18.2. The van der Waals surface area contributed by atoms with Crippen molar-refractivity contribution in [3.63, 3.8) is 0 Å². The fraction of sp³-hybridized carbons (Fsp3) is 0.280. The van der Waals surface area contributed by atoms with Crippen LogP contribution in [0.5, 0.6) is 0 Å². The Balaban J connectivity index is 1.42. The monoisotopic (exact) mass is 443 g/mol. The lowest BCUT2D eigenvalue weighted by molar-refractivity contribution is 0.0939. The molecule has 162 valence electrons. The molecule has 3 aromatic heterocycles. The van der Waals surface area contributed by atoms with Gasteiger partial charge in [-0.25, -0.2) is 14.6 Å². The maximum atomic E-state index is 12.9. The average molecular weight is 444 g/mol. The summed E-state index contributed by atoms with van der Waals surface area (Å²) in [5, 5.41) is 11.7. The quantitative estimate of drug-likeness (QED) is 0.491. The summed E-state index contributed by atoms with van der Waals surface area (Å²) in [5.41, 5.74) is 7.10. The molecule has 3 heterocycles. The van der Waals surface area contributed by atoms with Gasteiger partial charge in [0.2, 0.25) is 0 Å². The number of aromatic nitrogens is 4. The molecule has 4 aromatic rings. The summed E-state index contributed by atoms with van der Waals surface area (Å²) >= 11 is 1.67. The molecule has 1 aliphatic carbocycles. The van der Waals surface area contributed by atoms with Gasteiger partial charge in [0.25, 0.3) is 11.9 Å². The largest absolute Gasteiger partial charge is 0.349 e. The molecule has 7 heteroatoms. The highest BCUT2D eigenvalue weighted by Crippen LogP contribution is 2.31. The number of thiophene rings is 1. The highest BCUT2D eigenvalue weighted by Gasteiger charge is 2.21. The molecule has 6 nitrogen and oxygen atoms in total. The van der Waals surface area contributed by atoms with E-state index in [2.05, 4.69) is 56.5 Å². The molecule has 1 aliphatic rings. The Labute approximate surface area is 191 Å². The molecule has 0 bridgehead atoms. The predicted molar refractivity (Wildman–Crippen MR) is 126 cm³/mol. The Morgan fingerprint density at radius 1 is 1.19 bits per heavy atom. The van der Waals surface area contributed by atoms with Crippen molar-refractivity contribution in [1.29, 1.82) is 0 Å². The maximum absolute atomic E-state index is 12.9. The third-order valence-electron chi connectivity index (χ3n) is 5.96. The molecule has 0 spiro atoms. The number of nitrogens with one attached hydrogen (secondary N) is 1. The van der Waals surface area contributed by atoms with Crippen LogP contribution in [-0.4, -0.2) is 31.7 Å². The molecular formula is C25H25N5OS. The van der Waals surface area contributed by atoms with Crippen LogP contribution in [0.4, 0.5) is 0 Å². The van der Waals surface area contributed by atoms with E-state index in [1.54, 1.807) is 22.2 Å². The number of rotatable bonds is 5. The van der Waals surface area contributed by atoms with Crippen LogP contribution in [0.25, 0.3) is 17.2 Å². The van der Waals surface area contributed by atoms with Crippen molar-refractivity contribution >= 4 is 17.2 Å². The fourth-order valence-corrected chi connectivity index (χ4v) is 4.98. The van der Waals surface area contributed by atoms with Crippen LogP contribution in [0.1, 0.15) is 46.1 Å². The van der Waals surface area contributed by atoms with Crippen LogP contribution in [0, 0.1) is 6.92 Å². The lowest BCUT2D eigenvalue weighted by Gasteiger charge is -2.13. The maximum Gasteiger partial charge on any atom is 0.254 e. The van der Waals surface area contributed by atoms with Gasteiger partial charge in [-0.15, -0.1) is 0 Å². The van der Waals surface area contributed by atoms with Crippen molar-refractivity contribution in [3.05, 3.63) is 81.4 Å². The molecule has 1 aromatic carbocycles. The van der Waals surface area contributed by atoms with Gasteiger partial charge < -0.3 is 5.32 Å². The van der Waals surface area contributed by atoms with Crippen LogP contribution in [-0.2, 0) is 19.3 Å². The highest BCUT2D eigenvalue weighted by molar-refractivity contribution is 7.07. The molecule has 0 saturated carbocycles. The standard InChI is InChI=1S/C25H25N5OS/c1-16(12-18-10-11-32-15-18)28-24(31)22-14-27-30(17(22)2)25-26-13-20-8-5-7-19-6-3-4-9-21(19)23(20)29-25/h3-4,6,9-11,13-16H,5,7-8,12H2,1-2H3,(H,28,31)/t16-/m0/s1. The third kappa shape index (κ3) is 3.96. The first-order valence-electron chi connectivity index (χ1n) is 10.9. The van der Waals surface area contributed by atoms with Gasteiger partial charge in [0, 0.05) is 17.8 Å². The minimum atomic E-state index is -0.128. The first-order valence-corrected chi connectivity index (χ1v) is 11.9. The summed E-state index contributed by atoms with van der Waals surface area (Å²) in [6.45, 7) is 3.90. The number of fused-ring (bicyclic) bond motifs is 3. The molecule has 0 radical (unpaired) electrons. The molecule has 1 amide bonds. The molecule has 32 heavy (non-hydrogen) atoms. The van der Waals surface area contributed by atoms with Crippen LogP contribution >= 0.6 is 11.3 Å². The smallest absolute Gasteiger partial charge is 0.254 e. The number of amides is 1. The van der Waals surface area contributed by atoms with Crippen LogP contribution in [0.15, 0.2) is 53.5 Å². The van der Waals surface area contributed by atoms with E-state index >= 15 is 0 Å². The van der Waals surface area contributed by atoms with E-state index in [-0.39, 0.29) is 11.9 Å². The lowest BCUT2D eigenvalue weighted by Crippen LogP contribution is -2.34. The Kier molecular flexibility index (Phi) is 5.57. The molecule has 0 saturated heterocycles. The van der Waals surface area contributed by atoms with Crippen LogP contribution in [0.2, 0.25) is 0 Å². The van der Waals surface area contributed by atoms with E-state index < -0.39 is 0 Å². The third-order valence-corrected chi connectivity index (χ3v) is 6.69. The van der Waals surface area contributed by atoms with Crippen molar-refractivity contribution in [1.82, 2.24) is 25.1 Å². The van der Waals surface area contributed by atoms with Crippen molar-refractivity contribution in [2.75, 3.05) is 0 Å². The van der Waals surface area contributed by atoms with Gasteiger partial charge in [0.1, 0.15) is 0 Å². The van der Waals surface area contributed by atoms with E-state index in [1.165, 1.54) is 11.1 Å². The zero-order valence-corrected chi connectivity index (χ0v) is 19.0. The lowest BCUT2D eigenvalue weighted by atomic mass is 10.0. The number of aryl methyl sites for hydroxylation is 2. The second kappa shape index (κ2) is 8.67. The van der Waals surface area contributed by atoms with E-state index in [0.717, 1.165) is 48.2 Å². The number of hydrogen-bond acceptors (Lipinski definition) is 5. The molecule has 0 unspecified atom stereocenters. The fourth-order valence-electron chi connectivity index (χ4n) is 4.30. The summed E-state index contributed by atoms with van der Waals surface area (Å²) in [7, 11) is 0. The van der Waals surface area contributed by atoms with E-state index in [9.17, 15) is 4.79 Å². The number of carbonyl (C=O) groups is 1. The van der Waals surface area contributed by atoms with Crippen molar-refractivity contribution < 1.29 is 4.79 Å². The van der Waals surface area contributed by atoms with Crippen molar-refractivity contribution in [2.45, 2.75) is 45.6 Å². The summed E-state index contributed by atoms with van der Waals surface area (Å²) in [5.74, 6) is 0.361. The first-order chi connectivity index (χ1) is 15.6.